The van der Waals surface area contributed by atoms with Gasteiger partial charge in [-0.2, -0.15) is 0 Å². The molecule has 2 amide bonds. The third-order valence-corrected chi connectivity index (χ3v) is 8.52. The number of anilines is 1. The Morgan fingerprint density at radius 1 is 1.10 bits per heavy atom. The van der Waals surface area contributed by atoms with E-state index in [1.54, 1.807) is 0 Å². The van der Waals surface area contributed by atoms with Crippen LogP contribution in [0.3, 0.4) is 0 Å². The van der Waals surface area contributed by atoms with E-state index in [1.165, 1.54) is 11.3 Å². The Morgan fingerprint density at radius 2 is 1.76 bits per heavy atom. The van der Waals surface area contributed by atoms with Crippen LogP contribution in [-0.2, 0) is 22.4 Å². The number of rotatable bonds is 6. The standard InChI is InChI=1S/C22H30N2O4S/c1-2-3-11-4-9-14-15(10-11)29-21(18(14)19(23)25)24-20(26)16-12-5-7-13(8-6-12)17(16)22(27)28/h11-13,16-17H,2-10H2,1H3,(H2,23,25)(H,24,26)(H,27,28)/t11-,12?,13?,16+,17+/m1/s1. The molecular weight excluding hydrogens is 388 g/mol. The van der Waals surface area contributed by atoms with E-state index in [0.29, 0.717) is 16.5 Å². The fourth-order valence-electron chi connectivity index (χ4n) is 6.03. The number of carbonyl (C=O) groups excluding carboxylic acids is 2. The van der Waals surface area contributed by atoms with Gasteiger partial charge in [0.2, 0.25) is 5.91 Å². The zero-order valence-electron chi connectivity index (χ0n) is 16.9. The van der Waals surface area contributed by atoms with Gasteiger partial charge in [-0.1, -0.05) is 19.8 Å². The van der Waals surface area contributed by atoms with Crippen LogP contribution in [0.4, 0.5) is 5.00 Å². The predicted octanol–water partition coefficient (Wildman–Crippen LogP) is 3.83. The molecule has 158 valence electrons. The molecule has 4 N–H and O–H groups in total. The summed E-state index contributed by atoms with van der Waals surface area (Å²) >= 11 is 1.46. The van der Waals surface area contributed by atoms with Crippen LogP contribution < -0.4 is 11.1 Å². The summed E-state index contributed by atoms with van der Waals surface area (Å²) in [6.07, 6.45) is 8.69. The summed E-state index contributed by atoms with van der Waals surface area (Å²) in [5.74, 6) is -1.97. The Morgan fingerprint density at radius 3 is 2.34 bits per heavy atom. The maximum absolute atomic E-state index is 13.2. The minimum absolute atomic E-state index is 0.0789. The molecule has 6 nitrogen and oxygen atoms in total. The highest BCUT2D eigenvalue weighted by molar-refractivity contribution is 7.17. The van der Waals surface area contributed by atoms with Crippen molar-refractivity contribution in [3.05, 3.63) is 16.0 Å². The average Bonchev–Trinajstić information content (AvgIpc) is 3.05. The van der Waals surface area contributed by atoms with Crippen molar-refractivity contribution in [3.63, 3.8) is 0 Å². The number of primary amides is 1. The molecule has 0 spiro atoms. The quantitative estimate of drug-likeness (QED) is 0.652. The van der Waals surface area contributed by atoms with Gasteiger partial charge in [-0.25, -0.2) is 0 Å². The summed E-state index contributed by atoms with van der Waals surface area (Å²) < 4.78 is 0. The van der Waals surface area contributed by atoms with Crippen molar-refractivity contribution in [2.75, 3.05) is 5.32 Å². The molecule has 3 saturated carbocycles. The van der Waals surface area contributed by atoms with Crippen LogP contribution in [0.25, 0.3) is 0 Å². The molecule has 0 aliphatic heterocycles. The second-order valence-electron chi connectivity index (χ2n) is 9.02. The van der Waals surface area contributed by atoms with Crippen LogP contribution in [0.1, 0.15) is 72.7 Å². The van der Waals surface area contributed by atoms with E-state index < -0.39 is 23.7 Å². The normalized spacial score (nSPS) is 30.6. The number of carbonyl (C=O) groups is 3. The molecule has 1 aromatic heterocycles. The molecule has 1 aromatic rings. The van der Waals surface area contributed by atoms with Crippen LogP contribution >= 0.6 is 11.3 Å². The Hall–Kier alpha value is -1.89. The van der Waals surface area contributed by atoms with Crippen molar-refractivity contribution in [2.24, 2.45) is 35.3 Å². The molecule has 4 aliphatic carbocycles. The number of thiophene rings is 1. The van der Waals surface area contributed by atoms with Gasteiger partial charge in [0.1, 0.15) is 5.00 Å². The van der Waals surface area contributed by atoms with Crippen molar-refractivity contribution in [1.82, 2.24) is 0 Å². The SMILES string of the molecule is CCC[C@@H]1CCc2c(sc(NC(=O)[C@H]3C4CCC(CC4)[C@@H]3C(=O)O)c2C(N)=O)C1. The van der Waals surface area contributed by atoms with Gasteiger partial charge < -0.3 is 16.2 Å². The monoisotopic (exact) mass is 418 g/mol. The summed E-state index contributed by atoms with van der Waals surface area (Å²) in [7, 11) is 0. The molecule has 0 radical (unpaired) electrons. The molecule has 5 rings (SSSR count). The molecule has 7 heteroatoms. The summed E-state index contributed by atoms with van der Waals surface area (Å²) in [5, 5.41) is 13.2. The van der Waals surface area contributed by atoms with E-state index in [4.69, 9.17) is 5.73 Å². The maximum atomic E-state index is 13.2. The van der Waals surface area contributed by atoms with Crippen molar-refractivity contribution < 1.29 is 19.5 Å². The van der Waals surface area contributed by atoms with Gasteiger partial charge in [0.05, 0.1) is 17.4 Å². The second-order valence-corrected chi connectivity index (χ2v) is 10.1. The van der Waals surface area contributed by atoms with Gasteiger partial charge >= 0.3 is 5.97 Å². The van der Waals surface area contributed by atoms with Gasteiger partial charge in [0.15, 0.2) is 0 Å². The smallest absolute Gasteiger partial charge is 0.307 e. The third kappa shape index (κ3) is 3.69. The van der Waals surface area contributed by atoms with Crippen molar-refractivity contribution >= 4 is 34.1 Å². The molecule has 2 bridgehead atoms. The number of nitrogens with one attached hydrogen (secondary N) is 1. The summed E-state index contributed by atoms with van der Waals surface area (Å²) in [6, 6.07) is 0. The highest BCUT2D eigenvalue weighted by Gasteiger charge is 2.50. The van der Waals surface area contributed by atoms with Crippen LogP contribution in [0.5, 0.6) is 0 Å². The first-order valence-electron chi connectivity index (χ1n) is 10.9. The first-order chi connectivity index (χ1) is 13.9. The molecule has 3 atom stereocenters. The van der Waals surface area contributed by atoms with Gasteiger partial charge in [-0.15, -0.1) is 11.3 Å². The van der Waals surface area contributed by atoms with Crippen LogP contribution in [0.2, 0.25) is 0 Å². The Bertz CT molecular complexity index is 825. The number of hydrogen-bond acceptors (Lipinski definition) is 4. The van der Waals surface area contributed by atoms with E-state index in [1.807, 2.05) is 0 Å². The second kappa shape index (κ2) is 8.09. The lowest BCUT2D eigenvalue weighted by molar-refractivity contribution is -0.156. The number of nitrogens with two attached hydrogens (primary N) is 1. The van der Waals surface area contributed by atoms with Crippen molar-refractivity contribution in [3.8, 4) is 0 Å². The Kier molecular flexibility index (Phi) is 5.69. The van der Waals surface area contributed by atoms with Gasteiger partial charge in [-0.05, 0) is 68.3 Å². The number of carboxylic acid groups (broad SMARTS) is 1. The molecule has 1 heterocycles. The number of amides is 2. The fourth-order valence-corrected chi connectivity index (χ4v) is 7.41. The van der Waals surface area contributed by atoms with Crippen molar-refractivity contribution in [1.29, 1.82) is 0 Å². The van der Waals surface area contributed by atoms with Crippen LogP contribution in [-0.4, -0.2) is 22.9 Å². The lowest BCUT2D eigenvalue weighted by Crippen LogP contribution is -2.49. The lowest BCUT2D eigenvalue weighted by atomic mass is 9.58. The minimum atomic E-state index is -0.873. The first-order valence-corrected chi connectivity index (χ1v) is 11.7. The molecule has 0 unspecified atom stereocenters. The van der Waals surface area contributed by atoms with E-state index in [-0.39, 0.29) is 17.7 Å². The first kappa shape index (κ1) is 20.4. The third-order valence-electron chi connectivity index (χ3n) is 7.35. The molecule has 29 heavy (non-hydrogen) atoms. The average molecular weight is 419 g/mol. The zero-order chi connectivity index (χ0) is 20.7. The van der Waals surface area contributed by atoms with E-state index in [2.05, 4.69) is 12.2 Å². The zero-order valence-corrected chi connectivity index (χ0v) is 17.7. The molecule has 0 saturated heterocycles. The van der Waals surface area contributed by atoms with E-state index in [0.717, 1.165) is 68.2 Å². The van der Waals surface area contributed by atoms with Gasteiger partial charge in [-0.3, -0.25) is 14.4 Å². The maximum Gasteiger partial charge on any atom is 0.307 e. The van der Waals surface area contributed by atoms with Crippen LogP contribution in [0, 0.1) is 29.6 Å². The Labute approximate surface area is 175 Å². The van der Waals surface area contributed by atoms with E-state index in [9.17, 15) is 19.5 Å². The molecule has 3 fully saturated rings. The number of hydrogen-bond donors (Lipinski definition) is 3. The number of carboxylic acids is 1. The molecule has 4 aliphatic rings. The highest BCUT2D eigenvalue weighted by atomic mass is 32.1. The highest BCUT2D eigenvalue weighted by Crippen LogP contribution is 2.50. The predicted molar refractivity (Wildman–Crippen MR) is 112 cm³/mol. The largest absolute Gasteiger partial charge is 0.481 e. The molecule has 0 aromatic carbocycles. The van der Waals surface area contributed by atoms with Crippen LogP contribution in [0.15, 0.2) is 0 Å². The number of fused-ring (bicyclic) bond motifs is 4. The summed E-state index contributed by atoms with van der Waals surface area (Å²) in [4.78, 5) is 38.5. The minimum Gasteiger partial charge on any atom is -0.481 e. The topological polar surface area (TPSA) is 109 Å². The molecular formula is C22H30N2O4S. The lowest BCUT2D eigenvalue weighted by Gasteiger charge is -2.45. The summed E-state index contributed by atoms with van der Waals surface area (Å²) in [5.41, 5.74) is 7.13. The fraction of sp³-hybridized carbons (Fsp3) is 0.682. The van der Waals surface area contributed by atoms with E-state index >= 15 is 0 Å². The van der Waals surface area contributed by atoms with Gasteiger partial charge in [0.25, 0.3) is 5.91 Å². The van der Waals surface area contributed by atoms with Gasteiger partial charge in [0, 0.05) is 4.88 Å². The number of aliphatic carboxylic acids is 1. The Balaban J connectivity index is 1.60. The summed E-state index contributed by atoms with van der Waals surface area (Å²) in [6.45, 7) is 2.18. The van der Waals surface area contributed by atoms with Crippen molar-refractivity contribution in [2.45, 2.75) is 64.7 Å².